The molecular weight excluding hydrogens is 448 g/mol. The number of hydrogen-bond donors (Lipinski definition) is 0. The first-order valence-electron chi connectivity index (χ1n) is 13.1. The Morgan fingerprint density at radius 3 is 2.42 bits per heavy atom. The van der Waals surface area contributed by atoms with Crippen molar-refractivity contribution in [3.63, 3.8) is 0 Å². The Hall–Kier alpha value is -3.67. The van der Waals surface area contributed by atoms with Gasteiger partial charge in [-0.25, -0.2) is 9.97 Å². The van der Waals surface area contributed by atoms with E-state index < -0.39 is 0 Å². The summed E-state index contributed by atoms with van der Waals surface area (Å²) in [4.78, 5) is 22.9. The third-order valence-corrected chi connectivity index (χ3v) is 6.77. The van der Waals surface area contributed by atoms with Crippen molar-refractivity contribution in [3.05, 3.63) is 66.1 Å². The molecule has 0 aliphatic rings. The first kappa shape index (κ1) is 24.0. The van der Waals surface area contributed by atoms with Crippen molar-refractivity contribution >= 4 is 33.7 Å². The number of carbonyl (C=O) groups is 1. The van der Waals surface area contributed by atoms with E-state index in [0.717, 1.165) is 71.3 Å². The van der Waals surface area contributed by atoms with E-state index in [9.17, 15) is 4.79 Å². The number of unbranched alkanes of at least 4 members (excludes halogenated alkanes) is 2. The molecule has 0 saturated heterocycles. The van der Waals surface area contributed by atoms with Crippen molar-refractivity contribution in [2.45, 2.75) is 72.1 Å². The molecule has 0 amide bonds. The van der Waals surface area contributed by atoms with E-state index in [-0.39, 0.29) is 5.97 Å². The highest BCUT2D eigenvalue weighted by Crippen LogP contribution is 2.36. The van der Waals surface area contributed by atoms with Gasteiger partial charge in [0.05, 0.1) is 17.2 Å². The van der Waals surface area contributed by atoms with Gasteiger partial charge in [-0.05, 0) is 48.6 Å². The summed E-state index contributed by atoms with van der Waals surface area (Å²) in [6.07, 6.45) is 6.98. The highest BCUT2D eigenvalue weighted by Gasteiger charge is 2.23. The van der Waals surface area contributed by atoms with E-state index in [0.29, 0.717) is 18.1 Å². The van der Waals surface area contributed by atoms with Crippen LogP contribution in [0.2, 0.25) is 0 Å². The fourth-order valence-corrected chi connectivity index (χ4v) is 4.71. The van der Waals surface area contributed by atoms with Crippen molar-refractivity contribution < 1.29 is 9.53 Å². The Morgan fingerprint density at radius 2 is 1.69 bits per heavy atom. The summed E-state index contributed by atoms with van der Waals surface area (Å²) in [7, 11) is 0. The average Bonchev–Trinajstić information content (AvgIpc) is 3.44. The van der Waals surface area contributed by atoms with Crippen LogP contribution in [0.4, 0.5) is 0 Å². The van der Waals surface area contributed by atoms with Gasteiger partial charge in [0.1, 0.15) is 11.2 Å². The quantitative estimate of drug-likeness (QED) is 0.206. The van der Waals surface area contributed by atoms with Crippen molar-refractivity contribution in [3.8, 4) is 11.4 Å². The molecule has 186 valence electrons. The Morgan fingerprint density at radius 1 is 0.944 bits per heavy atom. The summed E-state index contributed by atoms with van der Waals surface area (Å²) in [5.74, 6) is 1.70. The molecule has 0 aliphatic heterocycles. The lowest BCUT2D eigenvalue weighted by atomic mass is 10.0. The largest absolute Gasteiger partial charge is 0.424 e. The fraction of sp³-hybridized carbons (Fsp3) is 0.367. The predicted molar refractivity (Wildman–Crippen MR) is 145 cm³/mol. The maximum Gasteiger partial charge on any atom is 0.311 e. The smallest absolute Gasteiger partial charge is 0.311 e. The average molecular weight is 483 g/mol. The second-order valence-electron chi connectivity index (χ2n) is 9.78. The maximum absolute atomic E-state index is 12.7. The van der Waals surface area contributed by atoms with Gasteiger partial charge in [0.25, 0.3) is 0 Å². The van der Waals surface area contributed by atoms with Gasteiger partial charge in [-0.15, -0.1) is 0 Å². The van der Waals surface area contributed by atoms with Crippen LogP contribution in [0.15, 0.2) is 54.7 Å². The zero-order chi connectivity index (χ0) is 25.2. The first-order valence-corrected chi connectivity index (χ1v) is 13.1. The zero-order valence-corrected chi connectivity index (χ0v) is 21.6. The van der Waals surface area contributed by atoms with Gasteiger partial charge in [0.2, 0.25) is 0 Å². The predicted octanol–water partition coefficient (Wildman–Crippen LogP) is 7.39. The van der Waals surface area contributed by atoms with Crippen molar-refractivity contribution in [1.29, 1.82) is 0 Å². The second kappa shape index (κ2) is 10.1. The van der Waals surface area contributed by atoms with E-state index in [4.69, 9.17) is 14.7 Å². The van der Waals surface area contributed by atoms with Gasteiger partial charge in [0.15, 0.2) is 17.0 Å². The lowest BCUT2D eigenvalue weighted by Gasteiger charge is -2.11. The minimum atomic E-state index is -0.227. The maximum atomic E-state index is 12.7. The minimum absolute atomic E-state index is 0.227. The van der Waals surface area contributed by atoms with E-state index in [2.05, 4.69) is 62.4 Å². The van der Waals surface area contributed by atoms with Crippen LogP contribution in [0.5, 0.6) is 5.75 Å². The van der Waals surface area contributed by atoms with E-state index in [1.807, 2.05) is 29.0 Å². The van der Waals surface area contributed by atoms with Crippen LogP contribution < -0.4 is 4.74 Å². The Bertz CT molecular complexity index is 1530. The number of imidazole rings is 1. The molecule has 0 radical (unpaired) electrons. The third kappa shape index (κ3) is 4.36. The molecule has 0 fully saturated rings. The number of para-hydroxylation sites is 2. The zero-order valence-electron chi connectivity index (χ0n) is 21.6. The number of benzene rings is 2. The molecular formula is C30H34N4O2. The van der Waals surface area contributed by atoms with Crippen molar-refractivity contribution in [2.75, 3.05) is 0 Å². The number of aryl methyl sites for hydroxylation is 1. The number of aromatic nitrogens is 4. The summed E-state index contributed by atoms with van der Waals surface area (Å²) in [6.45, 7) is 8.64. The molecule has 3 heterocycles. The molecule has 0 unspecified atom stereocenters. The molecule has 0 bridgehead atoms. The van der Waals surface area contributed by atoms with Gasteiger partial charge in [-0.2, -0.15) is 0 Å². The van der Waals surface area contributed by atoms with Gasteiger partial charge in [-0.3, -0.25) is 13.8 Å². The number of nitrogens with zero attached hydrogens (tertiary/aromatic N) is 4. The van der Waals surface area contributed by atoms with Gasteiger partial charge >= 0.3 is 5.97 Å². The summed E-state index contributed by atoms with van der Waals surface area (Å²) < 4.78 is 10.1. The van der Waals surface area contributed by atoms with Gasteiger partial charge in [-0.1, -0.05) is 64.8 Å². The molecule has 36 heavy (non-hydrogen) atoms. The molecule has 6 nitrogen and oxygen atoms in total. The molecule has 0 saturated carbocycles. The van der Waals surface area contributed by atoms with Crippen LogP contribution in [0, 0.1) is 0 Å². The van der Waals surface area contributed by atoms with Crippen LogP contribution in [-0.2, 0) is 11.2 Å². The summed E-state index contributed by atoms with van der Waals surface area (Å²) in [5.41, 5.74) is 5.73. The SMILES string of the molecule is CCCCC(=O)Oc1cn(-c2ccc(C(C)C)cc2)c2nc(CCCC)n3c4ccccc4nc3c12. The monoisotopic (exact) mass is 482 g/mol. The Labute approximate surface area is 211 Å². The molecule has 5 rings (SSSR count). The second-order valence-corrected chi connectivity index (χ2v) is 9.78. The normalized spacial score (nSPS) is 11.8. The molecule has 0 spiro atoms. The minimum Gasteiger partial charge on any atom is -0.424 e. The van der Waals surface area contributed by atoms with Crippen LogP contribution >= 0.6 is 0 Å². The van der Waals surface area contributed by atoms with Crippen LogP contribution in [0.25, 0.3) is 33.4 Å². The highest BCUT2D eigenvalue weighted by atomic mass is 16.5. The first-order chi connectivity index (χ1) is 17.5. The topological polar surface area (TPSA) is 61.4 Å². The fourth-order valence-electron chi connectivity index (χ4n) is 4.71. The van der Waals surface area contributed by atoms with Crippen LogP contribution in [0.1, 0.15) is 77.1 Å². The van der Waals surface area contributed by atoms with E-state index >= 15 is 0 Å². The highest BCUT2D eigenvalue weighted by molar-refractivity contribution is 6.01. The lowest BCUT2D eigenvalue weighted by molar-refractivity contribution is -0.134. The Balaban J connectivity index is 1.78. The summed E-state index contributed by atoms with van der Waals surface area (Å²) in [6, 6.07) is 16.6. The Kier molecular flexibility index (Phi) is 6.77. The molecule has 0 atom stereocenters. The van der Waals surface area contributed by atoms with Gasteiger partial charge in [0, 0.05) is 18.5 Å². The number of hydrogen-bond acceptors (Lipinski definition) is 4. The molecule has 3 aromatic heterocycles. The van der Waals surface area contributed by atoms with E-state index in [1.54, 1.807) is 0 Å². The van der Waals surface area contributed by atoms with Crippen LogP contribution in [-0.4, -0.2) is 24.9 Å². The number of carbonyl (C=O) groups excluding carboxylic acids is 1. The van der Waals surface area contributed by atoms with Crippen molar-refractivity contribution in [2.24, 2.45) is 0 Å². The molecule has 6 heteroatoms. The summed E-state index contributed by atoms with van der Waals surface area (Å²) in [5, 5.41) is 0.768. The number of ether oxygens (including phenoxy) is 1. The third-order valence-electron chi connectivity index (χ3n) is 6.77. The molecule has 0 aliphatic carbocycles. The van der Waals surface area contributed by atoms with Crippen LogP contribution in [0.3, 0.4) is 0 Å². The standard InChI is InChI=1S/C30H34N4O2/c1-5-7-13-26-32-29-28(30-31-23-11-9-10-12-24(23)34(26)30)25(36-27(35)14-8-6-2)19-33(29)22-17-15-21(16-18-22)20(3)4/h9-12,15-20H,5-8,13-14H2,1-4H3. The van der Waals surface area contributed by atoms with Crippen molar-refractivity contribution in [1.82, 2.24) is 18.9 Å². The van der Waals surface area contributed by atoms with E-state index in [1.165, 1.54) is 5.56 Å². The molecule has 2 aromatic carbocycles. The number of rotatable bonds is 9. The summed E-state index contributed by atoms with van der Waals surface area (Å²) >= 11 is 0. The number of fused-ring (bicyclic) bond motifs is 5. The van der Waals surface area contributed by atoms with Gasteiger partial charge < -0.3 is 4.74 Å². The number of esters is 1. The lowest BCUT2D eigenvalue weighted by Crippen LogP contribution is -2.07. The molecule has 5 aromatic rings. The molecule has 0 N–H and O–H groups in total.